The minimum absolute atomic E-state index is 0.455. The Labute approximate surface area is 118 Å². The minimum Gasteiger partial charge on any atom is -0.366 e. The topological polar surface area (TPSA) is 30.3 Å². The molecule has 1 aromatic heterocycles. The fourth-order valence-corrected chi connectivity index (χ4v) is 1.85. The van der Waals surface area contributed by atoms with Crippen LogP contribution < -0.4 is 0 Å². The Morgan fingerprint density at radius 3 is 2.79 bits per heavy atom. The second kappa shape index (κ2) is 6.50. The Bertz CT molecular complexity index is 581. The van der Waals surface area contributed by atoms with Gasteiger partial charge in [0.25, 0.3) is 0 Å². The summed E-state index contributed by atoms with van der Waals surface area (Å²) in [7, 11) is 3.93. The number of hydrogen-bond acceptors (Lipinski definition) is 3. The minimum atomic E-state index is -2.32. The molecule has 4 heteroatoms. The second-order valence-electron chi connectivity index (χ2n) is 4.63. The first kappa shape index (κ1) is 10.2. The molecule has 0 aliphatic heterocycles. The van der Waals surface area contributed by atoms with Crippen LogP contribution in [-0.2, 0) is 11.7 Å². The van der Waals surface area contributed by atoms with Crippen molar-refractivity contribution in [2.24, 2.45) is 6.98 Å². The van der Waals surface area contributed by atoms with E-state index in [1.165, 1.54) is 6.20 Å². The maximum absolute atomic E-state index is 7.60. The van der Waals surface area contributed by atoms with Crippen molar-refractivity contribution in [3.63, 3.8) is 0 Å². The van der Waals surface area contributed by atoms with E-state index in [4.69, 9.17) is 8.85 Å². The molecule has 1 atom stereocenters. The van der Waals surface area contributed by atoms with E-state index in [-0.39, 0.29) is 0 Å². The third kappa shape index (κ3) is 3.66. The van der Waals surface area contributed by atoms with Gasteiger partial charge in [-0.15, -0.1) is 0 Å². The van der Waals surface area contributed by atoms with Crippen LogP contribution in [0.5, 0.6) is 0 Å². The molecule has 2 rings (SSSR count). The first-order chi connectivity index (χ1) is 10.4. The Balaban J connectivity index is 2.31. The molecule has 4 nitrogen and oxygen atoms in total. The predicted molar refractivity (Wildman–Crippen MR) is 76.0 cm³/mol. The molecule has 0 bridgehead atoms. The van der Waals surface area contributed by atoms with Gasteiger partial charge in [-0.25, -0.2) is 0 Å². The van der Waals surface area contributed by atoms with Crippen LogP contribution in [0.25, 0.3) is 0 Å². The van der Waals surface area contributed by atoms with E-state index in [1.54, 1.807) is 6.07 Å². The summed E-state index contributed by atoms with van der Waals surface area (Å²) in [6.45, 7) is -1.07. The van der Waals surface area contributed by atoms with Crippen molar-refractivity contribution < 1.29 is 8.85 Å². The van der Waals surface area contributed by atoms with Crippen LogP contribution in [0.15, 0.2) is 42.6 Å². The molecule has 1 heterocycles. The van der Waals surface area contributed by atoms with Gasteiger partial charge < -0.3 is 9.64 Å². The van der Waals surface area contributed by atoms with Crippen molar-refractivity contribution in [2.45, 2.75) is 6.10 Å². The van der Waals surface area contributed by atoms with Gasteiger partial charge >= 0.3 is 0 Å². The molecule has 1 unspecified atom stereocenters. The molecule has 19 heavy (non-hydrogen) atoms. The lowest BCUT2D eigenvalue weighted by atomic mass is 10.1. The number of aromatic nitrogens is 2. The molecule has 0 aliphatic rings. The van der Waals surface area contributed by atoms with Crippen LogP contribution in [-0.4, -0.2) is 41.9 Å². The van der Waals surface area contributed by atoms with E-state index < -0.39 is 13.1 Å². The summed E-state index contributed by atoms with van der Waals surface area (Å²) in [4.78, 5) is 2.02. The summed E-state index contributed by atoms with van der Waals surface area (Å²) in [6, 6.07) is 11.3. The molecule has 0 amide bonds. The fraction of sp³-hybridized carbons (Fsp3) is 0.400. The monoisotopic (exact) mass is 262 g/mol. The first-order valence-electron chi connectivity index (χ1n) is 7.75. The molecule has 0 saturated heterocycles. The van der Waals surface area contributed by atoms with Crippen LogP contribution in [0.1, 0.15) is 21.5 Å². The van der Waals surface area contributed by atoms with Crippen molar-refractivity contribution >= 4 is 0 Å². The van der Waals surface area contributed by atoms with Crippen LogP contribution in [0.3, 0.4) is 0 Å². The zero-order valence-electron chi connectivity index (χ0n) is 14.3. The summed E-state index contributed by atoms with van der Waals surface area (Å²) in [5, 5.41) is 3.94. The van der Waals surface area contributed by atoms with Gasteiger partial charge in [0.15, 0.2) is 0 Å². The predicted octanol–water partition coefficient (Wildman–Crippen LogP) is 2.09. The second-order valence-corrected chi connectivity index (χ2v) is 4.63. The molecular weight excluding hydrogens is 238 g/mol. The van der Waals surface area contributed by atoms with E-state index >= 15 is 0 Å². The van der Waals surface area contributed by atoms with Crippen molar-refractivity contribution in [3.8, 4) is 0 Å². The van der Waals surface area contributed by atoms with E-state index in [0.29, 0.717) is 12.3 Å². The summed E-state index contributed by atoms with van der Waals surface area (Å²) >= 11 is 0. The lowest BCUT2D eigenvalue weighted by Gasteiger charge is -2.20. The van der Waals surface area contributed by atoms with E-state index in [2.05, 4.69) is 5.10 Å². The van der Waals surface area contributed by atoms with Gasteiger partial charge in [0.05, 0.1) is 12.3 Å². The van der Waals surface area contributed by atoms with Gasteiger partial charge in [-0.3, -0.25) is 4.68 Å². The van der Waals surface area contributed by atoms with Crippen molar-refractivity contribution in [3.05, 3.63) is 53.9 Å². The standard InChI is InChI=1S/C15H21N3O/c1-17(2)11-12-19-15(13-7-5-4-6-8-13)14-9-10-16-18(14)3/h4-10,15H,11-12H2,1-3H3/i3D3. The number of benzene rings is 1. The Kier molecular flexibility index (Phi) is 3.48. The lowest BCUT2D eigenvalue weighted by molar-refractivity contribution is 0.0638. The van der Waals surface area contributed by atoms with Crippen LogP contribution in [0.4, 0.5) is 0 Å². The average molecular weight is 262 g/mol. The highest BCUT2D eigenvalue weighted by Crippen LogP contribution is 2.25. The van der Waals surface area contributed by atoms with Crippen molar-refractivity contribution in [2.75, 3.05) is 27.2 Å². The summed E-state index contributed by atoms with van der Waals surface area (Å²) in [5.74, 6) is 0. The summed E-state index contributed by atoms with van der Waals surface area (Å²) in [5.41, 5.74) is 1.44. The van der Waals surface area contributed by atoms with Gasteiger partial charge in [0.2, 0.25) is 0 Å². The molecule has 102 valence electrons. The average Bonchev–Trinajstić information content (AvgIpc) is 2.93. The lowest BCUT2D eigenvalue weighted by Crippen LogP contribution is -2.20. The molecular formula is C15H21N3O. The van der Waals surface area contributed by atoms with Crippen molar-refractivity contribution in [1.82, 2.24) is 14.7 Å². The molecule has 0 spiro atoms. The number of ether oxygens (including phenoxy) is 1. The number of nitrogens with zero attached hydrogens (tertiary/aromatic N) is 3. The SMILES string of the molecule is [2H]C([2H])([2H])n1nccc1C(OCCN(C)C)c1ccccc1. The molecule has 0 saturated carbocycles. The zero-order chi connectivity index (χ0) is 16.2. The highest BCUT2D eigenvalue weighted by atomic mass is 16.5. The molecule has 0 fully saturated rings. The van der Waals surface area contributed by atoms with Crippen LogP contribution in [0.2, 0.25) is 0 Å². The highest BCUT2D eigenvalue weighted by Gasteiger charge is 2.17. The van der Waals surface area contributed by atoms with Gasteiger partial charge in [0, 0.05) is 23.8 Å². The van der Waals surface area contributed by atoms with Crippen LogP contribution >= 0.6 is 0 Å². The van der Waals surface area contributed by atoms with Gasteiger partial charge in [-0.05, 0) is 25.7 Å². The summed E-state index contributed by atoms with van der Waals surface area (Å²) in [6.07, 6.45) is 1.04. The number of aryl methyl sites for hydroxylation is 1. The fourth-order valence-electron chi connectivity index (χ4n) is 1.85. The first-order valence-corrected chi connectivity index (χ1v) is 6.25. The van der Waals surface area contributed by atoms with E-state index in [1.807, 2.05) is 49.3 Å². The van der Waals surface area contributed by atoms with Crippen LogP contribution in [0, 0.1) is 0 Å². The molecule has 1 aromatic carbocycles. The molecule has 0 radical (unpaired) electrons. The Morgan fingerprint density at radius 2 is 2.11 bits per heavy atom. The highest BCUT2D eigenvalue weighted by molar-refractivity contribution is 5.25. The third-order valence-corrected chi connectivity index (χ3v) is 2.87. The van der Waals surface area contributed by atoms with E-state index in [0.717, 1.165) is 16.8 Å². The number of likely N-dealkylation sites (N-methyl/N-ethyl adjacent to an activating group) is 1. The van der Waals surface area contributed by atoms with Gasteiger partial charge in [-0.2, -0.15) is 5.10 Å². The smallest absolute Gasteiger partial charge is 0.124 e. The maximum atomic E-state index is 7.60. The Morgan fingerprint density at radius 1 is 1.32 bits per heavy atom. The van der Waals surface area contributed by atoms with Gasteiger partial charge in [-0.1, -0.05) is 30.3 Å². The maximum Gasteiger partial charge on any atom is 0.124 e. The third-order valence-electron chi connectivity index (χ3n) is 2.87. The summed E-state index contributed by atoms with van der Waals surface area (Å²) < 4.78 is 29.8. The molecule has 2 aromatic rings. The molecule has 0 aliphatic carbocycles. The van der Waals surface area contributed by atoms with Gasteiger partial charge in [0.1, 0.15) is 6.10 Å². The number of rotatable bonds is 6. The molecule has 0 N–H and O–H groups in total. The van der Waals surface area contributed by atoms with Crippen molar-refractivity contribution in [1.29, 1.82) is 0 Å². The number of hydrogen-bond donors (Lipinski definition) is 0. The van der Waals surface area contributed by atoms with E-state index in [9.17, 15) is 0 Å². The largest absolute Gasteiger partial charge is 0.366 e. The normalized spacial score (nSPS) is 15.8. The zero-order valence-corrected chi connectivity index (χ0v) is 11.3. The Hall–Kier alpha value is -1.65. The quantitative estimate of drug-likeness (QED) is 0.798.